The number of hydrogen-bond donors (Lipinski definition) is 1. The average Bonchev–Trinajstić information content (AvgIpc) is 2.71. The monoisotopic (exact) mass is 428 g/mol. The number of imide groups is 1. The average molecular weight is 430 g/mol. The smallest absolute Gasteiger partial charge is 0.329 e. The number of carbonyl (C=O) groups is 2. The first kappa shape index (κ1) is 16.8. The van der Waals surface area contributed by atoms with E-state index in [1.165, 1.54) is 6.08 Å². The zero-order valence-electron chi connectivity index (χ0n) is 11.9. The largest absolute Gasteiger partial charge is 0.492 e. The molecule has 1 aromatic rings. The molecule has 116 valence electrons. The minimum absolute atomic E-state index is 0.179. The van der Waals surface area contributed by atoms with Gasteiger partial charge in [0.05, 0.1) is 15.6 Å². The maximum atomic E-state index is 12.1. The van der Waals surface area contributed by atoms with E-state index >= 15 is 0 Å². The van der Waals surface area contributed by atoms with Crippen LogP contribution in [0.15, 0.2) is 39.4 Å². The molecule has 0 aromatic heterocycles. The Labute approximate surface area is 145 Å². The van der Waals surface area contributed by atoms with Gasteiger partial charge < -0.3 is 10.1 Å². The first-order chi connectivity index (χ1) is 10.5. The molecule has 1 aliphatic rings. The second-order valence-electron chi connectivity index (χ2n) is 4.44. The van der Waals surface area contributed by atoms with E-state index in [1.807, 2.05) is 19.1 Å². The van der Waals surface area contributed by atoms with Gasteiger partial charge in [0.15, 0.2) is 0 Å². The lowest BCUT2D eigenvalue weighted by molar-refractivity contribution is -0.122. The molecule has 0 spiro atoms. The predicted octanol–water partition coefficient (Wildman–Crippen LogP) is 3.69. The van der Waals surface area contributed by atoms with Crippen molar-refractivity contribution in [3.8, 4) is 5.75 Å². The Morgan fingerprint density at radius 1 is 1.32 bits per heavy atom. The van der Waals surface area contributed by atoms with Crippen LogP contribution in [0.1, 0.15) is 12.5 Å². The Balaban J connectivity index is 2.32. The van der Waals surface area contributed by atoms with E-state index in [9.17, 15) is 9.59 Å². The molecule has 1 fully saturated rings. The van der Waals surface area contributed by atoms with Crippen molar-refractivity contribution >= 4 is 49.9 Å². The highest BCUT2D eigenvalue weighted by molar-refractivity contribution is 9.11. The third kappa shape index (κ3) is 3.41. The van der Waals surface area contributed by atoms with Crippen molar-refractivity contribution in [3.05, 3.63) is 45.0 Å². The SMILES string of the molecule is C=CCN1C(=O)N/C(=C/c2cc(Br)c(OCC)c(Br)c2)C1=O. The molecule has 0 saturated carbocycles. The summed E-state index contributed by atoms with van der Waals surface area (Å²) >= 11 is 6.86. The van der Waals surface area contributed by atoms with Crippen LogP contribution in [0.5, 0.6) is 5.75 Å². The lowest BCUT2D eigenvalue weighted by atomic mass is 10.2. The van der Waals surface area contributed by atoms with Crippen molar-refractivity contribution in [2.24, 2.45) is 0 Å². The van der Waals surface area contributed by atoms with E-state index in [0.717, 1.165) is 19.4 Å². The van der Waals surface area contributed by atoms with Gasteiger partial charge >= 0.3 is 6.03 Å². The second-order valence-corrected chi connectivity index (χ2v) is 6.15. The molecule has 1 N–H and O–H groups in total. The number of benzene rings is 1. The normalized spacial score (nSPS) is 16.1. The topological polar surface area (TPSA) is 58.6 Å². The van der Waals surface area contributed by atoms with Crippen molar-refractivity contribution < 1.29 is 14.3 Å². The summed E-state index contributed by atoms with van der Waals surface area (Å²) in [6.45, 7) is 6.15. The van der Waals surface area contributed by atoms with E-state index in [4.69, 9.17) is 4.74 Å². The van der Waals surface area contributed by atoms with Gasteiger partial charge in [-0.1, -0.05) is 6.08 Å². The molecule has 1 heterocycles. The fraction of sp³-hybridized carbons (Fsp3) is 0.200. The van der Waals surface area contributed by atoms with Crippen LogP contribution in [0.3, 0.4) is 0 Å². The molecule has 1 aliphatic heterocycles. The van der Waals surface area contributed by atoms with Crippen molar-refractivity contribution in [1.82, 2.24) is 10.2 Å². The summed E-state index contributed by atoms with van der Waals surface area (Å²) in [5.41, 5.74) is 0.987. The van der Waals surface area contributed by atoms with Crippen molar-refractivity contribution in [3.63, 3.8) is 0 Å². The molecule has 0 atom stereocenters. The number of amides is 3. The van der Waals surface area contributed by atoms with Crippen LogP contribution in [-0.4, -0.2) is 30.0 Å². The molecular weight excluding hydrogens is 416 g/mol. The number of nitrogens with zero attached hydrogens (tertiary/aromatic N) is 1. The van der Waals surface area contributed by atoms with E-state index in [-0.39, 0.29) is 18.1 Å². The van der Waals surface area contributed by atoms with Crippen molar-refractivity contribution in [2.75, 3.05) is 13.2 Å². The van der Waals surface area contributed by atoms with Crippen molar-refractivity contribution in [1.29, 1.82) is 0 Å². The molecule has 3 amide bonds. The summed E-state index contributed by atoms with van der Waals surface area (Å²) in [7, 11) is 0. The molecule has 0 aliphatic carbocycles. The number of carbonyl (C=O) groups excluding carboxylic acids is 2. The fourth-order valence-corrected chi connectivity index (χ4v) is 3.43. The Morgan fingerprint density at radius 2 is 1.95 bits per heavy atom. The lowest BCUT2D eigenvalue weighted by Gasteiger charge is -2.09. The van der Waals surface area contributed by atoms with Crippen LogP contribution in [0.25, 0.3) is 6.08 Å². The summed E-state index contributed by atoms with van der Waals surface area (Å²) in [6.07, 6.45) is 3.12. The quantitative estimate of drug-likeness (QED) is 0.441. The lowest BCUT2D eigenvalue weighted by Crippen LogP contribution is -2.30. The Kier molecular flexibility index (Phi) is 5.42. The summed E-state index contributed by atoms with van der Waals surface area (Å²) in [6, 6.07) is 3.19. The number of rotatable bonds is 5. The molecule has 0 bridgehead atoms. The van der Waals surface area contributed by atoms with E-state index in [2.05, 4.69) is 43.8 Å². The highest BCUT2D eigenvalue weighted by atomic mass is 79.9. The van der Waals surface area contributed by atoms with Gasteiger partial charge in [0.1, 0.15) is 11.4 Å². The third-order valence-electron chi connectivity index (χ3n) is 2.89. The Bertz CT molecular complexity index is 648. The maximum Gasteiger partial charge on any atom is 0.329 e. The van der Waals surface area contributed by atoms with Crippen molar-refractivity contribution in [2.45, 2.75) is 6.92 Å². The molecule has 0 unspecified atom stereocenters. The zero-order valence-corrected chi connectivity index (χ0v) is 15.0. The van der Waals surface area contributed by atoms with Crippen LogP contribution < -0.4 is 10.1 Å². The van der Waals surface area contributed by atoms with Crippen LogP contribution in [0.2, 0.25) is 0 Å². The number of nitrogens with one attached hydrogen (secondary N) is 1. The highest BCUT2D eigenvalue weighted by Crippen LogP contribution is 2.35. The first-order valence-electron chi connectivity index (χ1n) is 6.55. The standard InChI is InChI=1S/C15H14Br2N2O3/c1-3-5-19-14(20)12(18-15(19)21)8-9-6-10(16)13(22-4-2)11(17)7-9/h3,6-8H,1,4-5H2,2H3,(H,18,21)/b12-8+. The van der Waals surface area contributed by atoms with Gasteiger partial charge in [-0.15, -0.1) is 6.58 Å². The van der Waals surface area contributed by atoms with Gasteiger partial charge in [-0.05, 0) is 62.6 Å². The van der Waals surface area contributed by atoms with Crippen LogP contribution in [0, 0.1) is 0 Å². The number of hydrogen-bond acceptors (Lipinski definition) is 3. The first-order valence-corrected chi connectivity index (χ1v) is 8.13. The third-order valence-corrected chi connectivity index (χ3v) is 4.07. The van der Waals surface area contributed by atoms with E-state index in [0.29, 0.717) is 12.4 Å². The van der Waals surface area contributed by atoms with Gasteiger partial charge in [-0.25, -0.2) is 4.79 Å². The van der Waals surface area contributed by atoms with Gasteiger partial charge in [-0.3, -0.25) is 9.69 Å². The fourth-order valence-electron chi connectivity index (χ4n) is 1.98. The number of urea groups is 1. The Morgan fingerprint density at radius 3 is 2.50 bits per heavy atom. The van der Waals surface area contributed by atoms with Gasteiger partial charge in [0, 0.05) is 6.54 Å². The summed E-state index contributed by atoms with van der Waals surface area (Å²) in [4.78, 5) is 24.9. The predicted molar refractivity (Wildman–Crippen MR) is 91.4 cm³/mol. The molecule has 7 heteroatoms. The molecular formula is C15H14Br2N2O3. The summed E-state index contributed by atoms with van der Waals surface area (Å²) in [5.74, 6) is 0.325. The number of halogens is 2. The van der Waals surface area contributed by atoms with Gasteiger partial charge in [0.25, 0.3) is 5.91 Å². The maximum absolute atomic E-state index is 12.1. The molecule has 5 nitrogen and oxygen atoms in total. The van der Waals surface area contributed by atoms with Crippen LogP contribution in [-0.2, 0) is 4.79 Å². The minimum Gasteiger partial charge on any atom is -0.492 e. The van der Waals surface area contributed by atoms with Crippen LogP contribution >= 0.6 is 31.9 Å². The zero-order chi connectivity index (χ0) is 16.3. The highest BCUT2D eigenvalue weighted by Gasteiger charge is 2.32. The van der Waals surface area contributed by atoms with Crippen LogP contribution in [0.4, 0.5) is 4.79 Å². The van der Waals surface area contributed by atoms with E-state index in [1.54, 1.807) is 6.08 Å². The molecule has 1 saturated heterocycles. The molecule has 2 rings (SSSR count). The molecule has 22 heavy (non-hydrogen) atoms. The summed E-state index contributed by atoms with van der Waals surface area (Å²) in [5, 5.41) is 2.55. The molecule has 0 radical (unpaired) electrons. The summed E-state index contributed by atoms with van der Waals surface area (Å²) < 4.78 is 7.03. The second kappa shape index (κ2) is 7.11. The Hall–Kier alpha value is -1.60. The van der Waals surface area contributed by atoms with E-state index < -0.39 is 6.03 Å². The van der Waals surface area contributed by atoms with Gasteiger partial charge in [0.2, 0.25) is 0 Å². The molecule has 1 aromatic carbocycles. The number of ether oxygens (including phenoxy) is 1. The van der Waals surface area contributed by atoms with Gasteiger partial charge in [-0.2, -0.15) is 0 Å². The minimum atomic E-state index is -0.444.